The smallest absolute Gasteiger partial charge is 0.0235 e. The summed E-state index contributed by atoms with van der Waals surface area (Å²) in [4.78, 5) is 6.34. The predicted molar refractivity (Wildman–Crippen MR) is 82.3 cm³/mol. The molecule has 2 rings (SSSR count). The standard InChI is InChI=1S/C14H26N4S/c1-17-7-8-18(2)13(11-17)10-12(16-15)5-6-14-4-3-9-19-14/h3-4,9,12-13,16H,5-8,10-11,15H2,1-2H3. The number of hydrazine groups is 1. The van der Waals surface area contributed by atoms with Gasteiger partial charge in [0.1, 0.15) is 0 Å². The number of piperazine rings is 1. The Bertz CT molecular complexity index is 354. The molecule has 0 spiro atoms. The molecule has 2 heterocycles. The van der Waals surface area contributed by atoms with E-state index in [0.29, 0.717) is 12.1 Å². The highest BCUT2D eigenvalue weighted by atomic mass is 32.1. The Hall–Kier alpha value is -0.460. The van der Waals surface area contributed by atoms with E-state index in [1.807, 2.05) is 11.3 Å². The van der Waals surface area contributed by atoms with Crippen molar-refractivity contribution in [1.82, 2.24) is 15.2 Å². The summed E-state index contributed by atoms with van der Waals surface area (Å²) in [6.45, 7) is 3.47. The van der Waals surface area contributed by atoms with Crippen molar-refractivity contribution in [3.63, 3.8) is 0 Å². The molecule has 19 heavy (non-hydrogen) atoms. The molecule has 3 N–H and O–H groups in total. The van der Waals surface area contributed by atoms with Crippen LogP contribution in [0.3, 0.4) is 0 Å². The number of aryl methyl sites for hydroxylation is 1. The number of nitrogens with one attached hydrogen (secondary N) is 1. The van der Waals surface area contributed by atoms with Crippen LogP contribution in [-0.4, -0.2) is 55.6 Å². The summed E-state index contributed by atoms with van der Waals surface area (Å²) in [5, 5.41) is 2.14. The van der Waals surface area contributed by atoms with E-state index in [1.54, 1.807) is 0 Å². The second kappa shape index (κ2) is 7.36. The number of rotatable bonds is 6. The largest absolute Gasteiger partial charge is 0.304 e. The van der Waals surface area contributed by atoms with Crippen molar-refractivity contribution >= 4 is 11.3 Å². The third-order valence-electron chi connectivity index (χ3n) is 4.09. The average molecular weight is 282 g/mol. The van der Waals surface area contributed by atoms with Gasteiger partial charge in [-0.2, -0.15) is 0 Å². The fourth-order valence-electron chi connectivity index (χ4n) is 2.72. The quantitative estimate of drug-likeness (QED) is 0.607. The van der Waals surface area contributed by atoms with Crippen LogP contribution in [-0.2, 0) is 6.42 Å². The summed E-state index contributed by atoms with van der Waals surface area (Å²) in [5.74, 6) is 5.73. The second-order valence-electron chi connectivity index (χ2n) is 5.61. The van der Waals surface area contributed by atoms with Gasteiger partial charge in [-0.1, -0.05) is 6.07 Å². The lowest BCUT2D eigenvalue weighted by atomic mass is 10.00. The van der Waals surface area contributed by atoms with E-state index >= 15 is 0 Å². The van der Waals surface area contributed by atoms with Crippen LogP contribution < -0.4 is 11.3 Å². The maximum absolute atomic E-state index is 5.73. The van der Waals surface area contributed by atoms with Crippen LogP contribution in [0.2, 0.25) is 0 Å². The van der Waals surface area contributed by atoms with Crippen LogP contribution in [0.4, 0.5) is 0 Å². The second-order valence-corrected chi connectivity index (χ2v) is 6.65. The SMILES string of the molecule is CN1CCN(C)C(CC(CCc2cccs2)NN)C1. The molecule has 2 atom stereocenters. The molecule has 5 heteroatoms. The Kier molecular flexibility index (Phi) is 5.78. The van der Waals surface area contributed by atoms with Crippen molar-refractivity contribution in [1.29, 1.82) is 0 Å². The van der Waals surface area contributed by atoms with E-state index in [4.69, 9.17) is 5.84 Å². The van der Waals surface area contributed by atoms with Gasteiger partial charge in [-0.05, 0) is 44.8 Å². The first-order chi connectivity index (χ1) is 9.19. The summed E-state index contributed by atoms with van der Waals surface area (Å²) in [5.41, 5.74) is 3.01. The topological polar surface area (TPSA) is 44.5 Å². The lowest BCUT2D eigenvalue weighted by Crippen LogP contribution is -2.52. The molecule has 1 aromatic heterocycles. The van der Waals surface area contributed by atoms with Gasteiger partial charge in [-0.3, -0.25) is 11.3 Å². The first-order valence-electron chi connectivity index (χ1n) is 7.06. The predicted octanol–water partition coefficient (Wildman–Crippen LogP) is 1.15. The summed E-state index contributed by atoms with van der Waals surface area (Å²) in [6, 6.07) is 5.34. The zero-order chi connectivity index (χ0) is 13.7. The van der Waals surface area contributed by atoms with Gasteiger partial charge in [0.15, 0.2) is 0 Å². The molecule has 2 unspecified atom stereocenters. The van der Waals surface area contributed by atoms with Gasteiger partial charge >= 0.3 is 0 Å². The highest BCUT2D eigenvalue weighted by Gasteiger charge is 2.24. The molecular formula is C14H26N4S. The minimum atomic E-state index is 0.404. The fraction of sp³-hybridized carbons (Fsp3) is 0.714. The van der Waals surface area contributed by atoms with E-state index in [-0.39, 0.29) is 0 Å². The molecule has 108 valence electrons. The van der Waals surface area contributed by atoms with Crippen molar-refractivity contribution in [3.8, 4) is 0 Å². The number of thiophene rings is 1. The van der Waals surface area contributed by atoms with Gasteiger partial charge in [0.25, 0.3) is 0 Å². The highest BCUT2D eigenvalue weighted by Crippen LogP contribution is 2.16. The minimum Gasteiger partial charge on any atom is -0.304 e. The van der Waals surface area contributed by atoms with Crippen molar-refractivity contribution in [2.45, 2.75) is 31.3 Å². The van der Waals surface area contributed by atoms with Crippen LogP contribution in [0.5, 0.6) is 0 Å². The zero-order valence-electron chi connectivity index (χ0n) is 12.0. The zero-order valence-corrected chi connectivity index (χ0v) is 12.8. The summed E-state index contributed by atoms with van der Waals surface area (Å²) >= 11 is 1.84. The molecular weight excluding hydrogens is 256 g/mol. The van der Waals surface area contributed by atoms with E-state index < -0.39 is 0 Å². The summed E-state index contributed by atoms with van der Waals surface area (Å²) < 4.78 is 0. The molecule has 0 radical (unpaired) electrons. The molecule has 1 aliphatic rings. The molecule has 0 bridgehead atoms. The van der Waals surface area contributed by atoms with Gasteiger partial charge in [0.05, 0.1) is 0 Å². The lowest BCUT2D eigenvalue weighted by molar-refractivity contribution is 0.100. The van der Waals surface area contributed by atoms with Crippen LogP contribution in [0.15, 0.2) is 17.5 Å². The lowest BCUT2D eigenvalue weighted by Gasteiger charge is -2.39. The van der Waals surface area contributed by atoms with Gasteiger partial charge in [0, 0.05) is 36.6 Å². The van der Waals surface area contributed by atoms with Crippen molar-refractivity contribution in [3.05, 3.63) is 22.4 Å². The average Bonchev–Trinajstić information content (AvgIpc) is 2.91. The molecule has 1 aromatic rings. The number of likely N-dealkylation sites (N-methyl/N-ethyl adjacent to an activating group) is 2. The summed E-state index contributed by atoms with van der Waals surface area (Å²) in [7, 11) is 4.43. The molecule has 1 fully saturated rings. The Labute approximate surface area is 120 Å². The molecule has 0 aliphatic carbocycles. The number of hydrogen-bond acceptors (Lipinski definition) is 5. The Balaban J connectivity index is 1.80. The fourth-order valence-corrected chi connectivity index (χ4v) is 3.45. The number of hydrogen-bond donors (Lipinski definition) is 2. The van der Waals surface area contributed by atoms with Crippen LogP contribution in [0, 0.1) is 0 Å². The number of nitrogens with two attached hydrogens (primary N) is 1. The van der Waals surface area contributed by atoms with Crippen LogP contribution >= 0.6 is 11.3 Å². The van der Waals surface area contributed by atoms with E-state index in [2.05, 4.69) is 46.8 Å². The van der Waals surface area contributed by atoms with Gasteiger partial charge in [0.2, 0.25) is 0 Å². The molecule has 0 aromatic carbocycles. The van der Waals surface area contributed by atoms with Crippen molar-refractivity contribution < 1.29 is 0 Å². The first kappa shape index (κ1) is 14.9. The highest BCUT2D eigenvalue weighted by molar-refractivity contribution is 7.09. The number of nitrogens with zero attached hydrogens (tertiary/aromatic N) is 2. The Morgan fingerprint density at radius 3 is 3.00 bits per heavy atom. The molecule has 0 saturated carbocycles. The van der Waals surface area contributed by atoms with Gasteiger partial charge in [-0.15, -0.1) is 11.3 Å². The van der Waals surface area contributed by atoms with Crippen LogP contribution in [0.1, 0.15) is 17.7 Å². The van der Waals surface area contributed by atoms with Crippen molar-refractivity contribution in [2.24, 2.45) is 5.84 Å². The molecule has 1 saturated heterocycles. The monoisotopic (exact) mass is 282 g/mol. The Morgan fingerprint density at radius 2 is 2.32 bits per heavy atom. The van der Waals surface area contributed by atoms with E-state index in [9.17, 15) is 0 Å². The molecule has 4 nitrogen and oxygen atoms in total. The maximum atomic E-state index is 5.73. The van der Waals surface area contributed by atoms with E-state index in [0.717, 1.165) is 32.4 Å². The normalized spacial score (nSPS) is 23.6. The van der Waals surface area contributed by atoms with Gasteiger partial charge < -0.3 is 9.80 Å². The Morgan fingerprint density at radius 1 is 1.47 bits per heavy atom. The molecule has 1 aliphatic heterocycles. The van der Waals surface area contributed by atoms with Crippen LogP contribution in [0.25, 0.3) is 0 Å². The first-order valence-corrected chi connectivity index (χ1v) is 7.94. The van der Waals surface area contributed by atoms with E-state index in [1.165, 1.54) is 11.4 Å². The summed E-state index contributed by atoms with van der Waals surface area (Å²) in [6.07, 6.45) is 3.37. The maximum Gasteiger partial charge on any atom is 0.0235 e. The van der Waals surface area contributed by atoms with Gasteiger partial charge in [-0.25, -0.2) is 0 Å². The molecule has 0 amide bonds. The third kappa shape index (κ3) is 4.54. The third-order valence-corrected chi connectivity index (χ3v) is 5.03. The minimum absolute atomic E-state index is 0.404. The van der Waals surface area contributed by atoms with Crippen molar-refractivity contribution in [2.75, 3.05) is 33.7 Å².